The lowest BCUT2D eigenvalue weighted by Gasteiger charge is -2.14. The largest absolute Gasteiger partial charge is 0.469 e. The molecule has 1 fully saturated rings. The van der Waals surface area contributed by atoms with Crippen molar-refractivity contribution in [1.82, 2.24) is 14.6 Å². The number of nitrogens with zero attached hydrogens (tertiary/aromatic N) is 2. The molecule has 34 heavy (non-hydrogen) atoms. The van der Waals surface area contributed by atoms with E-state index < -0.39 is 41.7 Å². The molecule has 2 heterocycles. The van der Waals surface area contributed by atoms with E-state index in [9.17, 15) is 22.8 Å². The van der Waals surface area contributed by atoms with Crippen LogP contribution >= 0.6 is 11.5 Å². The van der Waals surface area contributed by atoms with Gasteiger partial charge in [-0.3, -0.25) is 5.32 Å². The van der Waals surface area contributed by atoms with Crippen molar-refractivity contribution in [1.29, 1.82) is 0 Å². The molecular weight excluding hydrogens is 475 g/mol. The summed E-state index contributed by atoms with van der Waals surface area (Å²) in [4.78, 5) is 25.9. The van der Waals surface area contributed by atoms with Gasteiger partial charge in [0.25, 0.3) is 5.88 Å². The standard InChI is InChI=1S/C21H26F3N5O4S/c1-12-10-14(22)13(16(24)15(12)23)11-32-18-17(33-20(25)30)19(34-28-18)27-21(31)26-6-2-3-7-29-8-4-5-9-29/h10H,2-9,11H2,1H3,(H2,25,30)(H2,26,27,31). The molecule has 1 aliphatic rings. The van der Waals surface area contributed by atoms with E-state index in [1.807, 2.05) is 0 Å². The summed E-state index contributed by atoms with van der Waals surface area (Å²) in [5.74, 6) is -4.27. The first-order valence-corrected chi connectivity index (χ1v) is 11.5. The molecule has 0 radical (unpaired) electrons. The molecule has 1 aromatic carbocycles. The molecule has 3 rings (SSSR count). The molecule has 0 spiro atoms. The maximum Gasteiger partial charge on any atom is 0.410 e. The quantitative estimate of drug-likeness (QED) is 0.336. The number of urea groups is 1. The summed E-state index contributed by atoms with van der Waals surface area (Å²) >= 11 is 0.708. The molecule has 13 heteroatoms. The van der Waals surface area contributed by atoms with E-state index in [1.165, 1.54) is 19.8 Å². The van der Waals surface area contributed by atoms with Gasteiger partial charge in [0.15, 0.2) is 16.6 Å². The summed E-state index contributed by atoms with van der Waals surface area (Å²) in [6.07, 6.45) is 2.97. The molecule has 1 aliphatic heterocycles. The van der Waals surface area contributed by atoms with Crippen LogP contribution in [-0.2, 0) is 6.61 Å². The number of carbonyl (C=O) groups is 2. The topological polar surface area (TPSA) is 119 Å². The monoisotopic (exact) mass is 501 g/mol. The molecule has 1 saturated heterocycles. The normalized spacial score (nSPS) is 13.6. The summed E-state index contributed by atoms with van der Waals surface area (Å²) in [6, 6.07) is 0.268. The Balaban J connectivity index is 1.57. The molecule has 1 aromatic heterocycles. The highest BCUT2D eigenvalue weighted by Crippen LogP contribution is 2.39. The lowest BCUT2D eigenvalue weighted by molar-refractivity contribution is 0.205. The molecule has 4 N–H and O–H groups in total. The smallest absolute Gasteiger partial charge is 0.410 e. The van der Waals surface area contributed by atoms with E-state index in [-0.39, 0.29) is 22.2 Å². The van der Waals surface area contributed by atoms with Crippen LogP contribution in [0.4, 0.5) is 27.8 Å². The second-order valence-corrected chi connectivity index (χ2v) is 8.55. The Morgan fingerprint density at radius 1 is 1.21 bits per heavy atom. The summed E-state index contributed by atoms with van der Waals surface area (Å²) in [5.41, 5.74) is 4.21. The van der Waals surface area contributed by atoms with Crippen LogP contribution < -0.4 is 25.8 Å². The number of nitrogens with one attached hydrogen (secondary N) is 2. The second-order valence-electron chi connectivity index (χ2n) is 7.77. The first kappa shape index (κ1) is 25.6. The highest BCUT2D eigenvalue weighted by atomic mass is 32.1. The van der Waals surface area contributed by atoms with Crippen LogP contribution in [0.2, 0.25) is 0 Å². The number of primary amides is 1. The van der Waals surface area contributed by atoms with Crippen LogP contribution in [0.25, 0.3) is 0 Å². The molecule has 9 nitrogen and oxygen atoms in total. The van der Waals surface area contributed by atoms with Gasteiger partial charge in [0.1, 0.15) is 12.4 Å². The molecule has 0 bridgehead atoms. The maximum absolute atomic E-state index is 14.1. The number of anilines is 1. The van der Waals surface area contributed by atoms with E-state index in [1.54, 1.807) is 0 Å². The molecule has 0 unspecified atom stereocenters. The number of carbonyl (C=O) groups excluding carboxylic acids is 2. The van der Waals surface area contributed by atoms with E-state index >= 15 is 0 Å². The Labute approximate surface area is 198 Å². The number of ether oxygens (including phenoxy) is 2. The van der Waals surface area contributed by atoms with Crippen molar-refractivity contribution < 1.29 is 32.2 Å². The van der Waals surface area contributed by atoms with Gasteiger partial charge in [-0.05, 0) is 75.4 Å². The number of rotatable bonds is 10. The van der Waals surface area contributed by atoms with Crippen LogP contribution in [-0.4, -0.2) is 47.6 Å². The number of benzene rings is 1. The number of unbranched alkanes of at least 4 members (excludes halogenated alkanes) is 1. The van der Waals surface area contributed by atoms with Gasteiger partial charge in [0.2, 0.25) is 5.75 Å². The lowest BCUT2D eigenvalue weighted by atomic mass is 10.1. The molecule has 186 valence electrons. The zero-order valence-electron chi connectivity index (χ0n) is 18.6. The number of likely N-dealkylation sites (tertiary alicyclic amines) is 1. The van der Waals surface area contributed by atoms with Crippen LogP contribution in [0, 0.1) is 24.4 Å². The van der Waals surface area contributed by atoms with E-state index in [0.29, 0.717) is 18.1 Å². The van der Waals surface area contributed by atoms with E-state index in [4.69, 9.17) is 15.2 Å². The van der Waals surface area contributed by atoms with Crippen LogP contribution in [0.15, 0.2) is 6.07 Å². The van der Waals surface area contributed by atoms with E-state index in [0.717, 1.165) is 38.5 Å². The third-order valence-corrected chi connectivity index (χ3v) is 5.95. The van der Waals surface area contributed by atoms with Crippen molar-refractivity contribution in [3.63, 3.8) is 0 Å². The Bertz CT molecular complexity index is 1030. The number of aromatic nitrogens is 1. The van der Waals surface area contributed by atoms with Gasteiger partial charge in [0.05, 0.1) is 5.56 Å². The molecule has 0 aliphatic carbocycles. The van der Waals surface area contributed by atoms with Crippen molar-refractivity contribution in [2.45, 2.75) is 39.2 Å². The van der Waals surface area contributed by atoms with Crippen LogP contribution in [0.3, 0.4) is 0 Å². The zero-order chi connectivity index (χ0) is 24.7. The number of amides is 3. The molecular formula is C21H26F3N5O4S. The van der Waals surface area contributed by atoms with Crippen molar-refractivity contribution in [2.24, 2.45) is 5.73 Å². The van der Waals surface area contributed by atoms with Gasteiger partial charge in [-0.15, -0.1) is 4.37 Å². The minimum absolute atomic E-state index is 0.000558. The van der Waals surface area contributed by atoms with Crippen molar-refractivity contribution >= 4 is 28.7 Å². The fraction of sp³-hybridized carbons (Fsp3) is 0.476. The number of hydrogen-bond acceptors (Lipinski definition) is 7. The number of halogens is 3. The van der Waals surface area contributed by atoms with Crippen molar-refractivity contribution in [3.8, 4) is 11.6 Å². The Kier molecular flexibility index (Phi) is 8.93. The summed E-state index contributed by atoms with van der Waals surface area (Å²) in [5, 5.41) is 5.17. The fourth-order valence-corrected chi connectivity index (χ4v) is 4.13. The number of hydrogen-bond donors (Lipinski definition) is 3. The van der Waals surface area contributed by atoms with Crippen molar-refractivity contribution in [2.75, 3.05) is 31.5 Å². The van der Waals surface area contributed by atoms with Crippen molar-refractivity contribution in [3.05, 3.63) is 34.6 Å². The van der Waals surface area contributed by atoms with Crippen LogP contribution in [0.1, 0.15) is 36.8 Å². The number of nitrogens with two attached hydrogens (primary N) is 1. The average molecular weight is 502 g/mol. The number of aryl methyl sites for hydroxylation is 1. The maximum atomic E-state index is 14.1. The van der Waals surface area contributed by atoms with Gasteiger partial charge in [-0.2, -0.15) is 0 Å². The Hall–Kier alpha value is -3.06. The zero-order valence-corrected chi connectivity index (χ0v) is 19.4. The molecule has 0 saturated carbocycles. The Morgan fingerprint density at radius 2 is 1.94 bits per heavy atom. The second kappa shape index (κ2) is 11.9. The third-order valence-electron chi connectivity index (χ3n) is 5.22. The summed E-state index contributed by atoms with van der Waals surface area (Å²) in [6.45, 7) is 4.14. The first-order valence-electron chi connectivity index (χ1n) is 10.8. The molecule has 3 amide bonds. The predicted molar refractivity (Wildman–Crippen MR) is 120 cm³/mol. The predicted octanol–water partition coefficient (Wildman–Crippen LogP) is 3.90. The third kappa shape index (κ3) is 6.73. The van der Waals surface area contributed by atoms with Gasteiger partial charge in [0, 0.05) is 6.54 Å². The SMILES string of the molecule is Cc1cc(F)c(COc2nsc(NC(=O)NCCCCN3CCCC3)c2OC(N)=O)c(F)c1F. The van der Waals surface area contributed by atoms with E-state index in [2.05, 4.69) is 19.9 Å². The summed E-state index contributed by atoms with van der Waals surface area (Å²) < 4.78 is 55.9. The van der Waals surface area contributed by atoms with Gasteiger partial charge >= 0.3 is 12.1 Å². The highest BCUT2D eigenvalue weighted by Gasteiger charge is 2.23. The lowest BCUT2D eigenvalue weighted by Crippen LogP contribution is -2.30. The van der Waals surface area contributed by atoms with Gasteiger partial charge in [-0.1, -0.05) is 0 Å². The summed E-state index contributed by atoms with van der Waals surface area (Å²) in [7, 11) is 0. The minimum Gasteiger partial charge on any atom is -0.469 e. The highest BCUT2D eigenvalue weighted by molar-refractivity contribution is 7.11. The fourth-order valence-electron chi connectivity index (χ4n) is 3.47. The Morgan fingerprint density at radius 3 is 2.65 bits per heavy atom. The van der Waals surface area contributed by atoms with Gasteiger partial charge < -0.3 is 25.4 Å². The van der Waals surface area contributed by atoms with Crippen LogP contribution in [0.5, 0.6) is 11.6 Å². The average Bonchev–Trinajstić information content (AvgIpc) is 3.42. The molecule has 0 atom stereocenters. The molecule has 2 aromatic rings. The van der Waals surface area contributed by atoms with Gasteiger partial charge in [-0.25, -0.2) is 22.8 Å². The minimum atomic E-state index is -1.40. The first-order chi connectivity index (χ1) is 16.3.